The molecule has 0 saturated carbocycles. The summed E-state index contributed by atoms with van der Waals surface area (Å²) in [6, 6.07) is 1.43. The zero-order valence-corrected chi connectivity index (χ0v) is 12.1. The molecule has 0 fully saturated rings. The van der Waals surface area contributed by atoms with Gasteiger partial charge < -0.3 is 10.2 Å². The molecule has 2 aromatic rings. The van der Waals surface area contributed by atoms with Gasteiger partial charge in [0, 0.05) is 18.0 Å². The van der Waals surface area contributed by atoms with E-state index in [4.69, 9.17) is 10.2 Å². The molecule has 0 amide bonds. The van der Waals surface area contributed by atoms with E-state index >= 15 is 0 Å². The van der Waals surface area contributed by atoms with Gasteiger partial charge in [0.15, 0.2) is 0 Å². The summed E-state index contributed by atoms with van der Waals surface area (Å²) in [4.78, 5) is 7.81. The molecule has 7 nitrogen and oxygen atoms in total. The van der Waals surface area contributed by atoms with E-state index in [0.717, 1.165) is 0 Å². The highest BCUT2D eigenvalue weighted by Crippen LogP contribution is 2.10. The maximum absolute atomic E-state index is 12.1. The van der Waals surface area contributed by atoms with Crippen LogP contribution in [0.15, 0.2) is 34.0 Å². The molecule has 8 heteroatoms. The van der Waals surface area contributed by atoms with Crippen LogP contribution in [0.5, 0.6) is 0 Å². The van der Waals surface area contributed by atoms with Crippen molar-refractivity contribution in [1.29, 1.82) is 0 Å². The molecule has 0 spiro atoms. The van der Waals surface area contributed by atoms with Crippen LogP contribution in [0.3, 0.4) is 0 Å². The molecule has 21 heavy (non-hydrogen) atoms. The van der Waals surface area contributed by atoms with Gasteiger partial charge in [-0.2, -0.15) is 0 Å². The third-order valence-electron chi connectivity index (χ3n) is 2.44. The van der Waals surface area contributed by atoms with Crippen molar-refractivity contribution in [3.63, 3.8) is 0 Å². The largest absolute Gasteiger partial charge is 0.445 e. The van der Waals surface area contributed by atoms with Crippen LogP contribution in [-0.2, 0) is 16.6 Å². The standard InChI is InChI=1S/C13H14N4O3S/c1-10-6-16-13(20-10)9-17-21(18,19)12-5-11(3-2-4-14)7-15-8-12/h5-8,17H,4,9,14H2,1H3. The summed E-state index contributed by atoms with van der Waals surface area (Å²) >= 11 is 0. The predicted molar refractivity (Wildman–Crippen MR) is 75.4 cm³/mol. The van der Waals surface area contributed by atoms with E-state index in [9.17, 15) is 8.42 Å². The normalized spacial score (nSPS) is 11.0. The number of hydrogen-bond donors (Lipinski definition) is 2. The number of rotatable bonds is 4. The Hall–Kier alpha value is -2.21. The number of pyridine rings is 1. The second-order valence-electron chi connectivity index (χ2n) is 4.10. The van der Waals surface area contributed by atoms with Gasteiger partial charge in [-0.3, -0.25) is 4.98 Å². The highest BCUT2D eigenvalue weighted by molar-refractivity contribution is 7.89. The Balaban J connectivity index is 2.15. The number of aromatic nitrogens is 2. The molecule has 110 valence electrons. The quantitative estimate of drug-likeness (QED) is 0.779. The predicted octanol–water partition coefficient (Wildman–Crippen LogP) is 0.167. The molecule has 2 heterocycles. The summed E-state index contributed by atoms with van der Waals surface area (Å²) in [6.45, 7) is 1.89. The van der Waals surface area contributed by atoms with Crippen molar-refractivity contribution in [1.82, 2.24) is 14.7 Å². The van der Waals surface area contributed by atoms with Crippen LogP contribution in [0.2, 0.25) is 0 Å². The Labute approximate surface area is 122 Å². The number of nitrogens with two attached hydrogens (primary N) is 1. The fraction of sp³-hybridized carbons (Fsp3) is 0.231. The fourth-order valence-corrected chi connectivity index (χ4v) is 2.47. The van der Waals surface area contributed by atoms with Crippen molar-refractivity contribution in [2.45, 2.75) is 18.4 Å². The monoisotopic (exact) mass is 306 g/mol. The van der Waals surface area contributed by atoms with Crippen LogP contribution in [0.1, 0.15) is 17.2 Å². The minimum atomic E-state index is -3.71. The van der Waals surface area contributed by atoms with Crippen molar-refractivity contribution in [3.8, 4) is 11.8 Å². The van der Waals surface area contributed by atoms with E-state index in [1.807, 2.05) is 0 Å². The van der Waals surface area contributed by atoms with Gasteiger partial charge in [0.25, 0.3) is 0 Å². The second kappa shape index (κ2) is 6.49. The van der Waals surface area contributed by atoms with Crippen LogP contribution in [0.4, 0.5) is 0 Å². The van der Waals surface area contributed by atoms with Crippen molar-refractivity contribution >= 4 is 10.0 Å². The lowest BCUT2D eigenvalue weighted by Gasteiger charge is -2.04. The summed E-state index contributed by atoms with van der Waals surface area (Å²) in [6.07, 6.45) is 4.24. The Morgan fingerprint density at radius 1 is 1.38 bits per heavy atom. The maximum Gasteiger partial charge on any atom is 0.242 e. The topological polar surface area (TPSA) is 111 Å². The zero-order valence-electron chi connectivity index (χ0n) is 11.3. The molecule has 0 aliphatic heterocycles. The minimum absolute atomic E-state index is 0.0228. The van der Waals surface area contributed by atoms with Crippen LogP contribution >= 0.6 is 0 Å². The molecule has 0 saturated heterocycles. The summed E-state index contributed by atoms with van der Waals surface area (Å²) in [7, 11) is -3.71. The third kappa shape index (κ3) is 4.13. The smallest absolute Gasteiger partial charge is 0.242 e. The van der Waals surface area contributed by atoms with Gasteiger partial charge in [-0.15, -0.1) is 0 Å². The van der Waals surface area contributed by atoms with Crippen LogP contribution in [-0.4, -0.2) is 24.9 Å². The first-order valence-electron chi connectivity index (χ1n) is 6.06. The average Bonchev–Trinajstić information content (AvgIpc) is 2.89. The molecular formula is C13H14N4O3S. The van der Waals surface area contributed by atoms with Crippen LogP contribution in [0, 0.1) is 18.8 Å². The summed E-state index contributed by atoms with van der Waals surface area (Å²) in [5.41, 5.74) is 5.75. The lowest BCUT2D eigenvalue weighted by atomic mass is 10.3. The Morgan fingerprint density at radius 3 is 2.86 bits per heavy atom. The van der Waals surface area contributed by atoms with E-state index in [1.54, 1.807) is 6.92 Å². The first kappa shape index (κ1) is 15.2. The van der Waals surface area contributed by atoms with Crippen LogP contribution in [0.25, 0.3) is 0 Å². The Morgan fingerprint density at radius 2 is 2.19 bits per heavy atom. The van der Waals surface area contributed by atoms with Gasteiger partial charge in [0.1, 0.15) is 10.7 Å². The van der Waals surface area contributed by atoms with E-state index in [1.165, 1.54) is 24.7 Å². The molecule has 0 unspecified atom stereocenters. The highest BCUT2D eigenvalue weighted by atomic mass is 32.2. The van der Waals surface area contributed by atoms with Gasteiger partial charge in [0.2, 0.25) is 15.9 Å². The highest BCUT2D eigenvalue weighted by Gasteiger charge is 2.15. The number of nitrogens with zero attached hydrogens (tertiary/aromatic N) is 2. The van der Waals surface area contributed by atoms with Gasteiger partial charge in [0.05, 0.1) is 19.3 Å². The average molecular weight is 306 g/mol. The van der Waals surface area contributed by atoms with Gasteiger partial charge in [-0.1, -0.05) is 11.8 Å². The Kier molecular flexibility index (Phi) is 4.70. The molecule has 0 bridgehead atoms. The van der Waals surface area contributed by atoms with Crippen LogP contribution < -0.4 is 10.5 Å². The lowest BCUT2D eigenvalue weighted by molar-refractivity contribution is 0.463. The molecule has 3 N–H and O–H groups in total. The van der Waals surface area contributed by atoms with Gasteiger partial charge in [-0.25, -0.2) is 18.1 Å². The molecular weight excluding hydrogens is 292 g/mol. The zero-order chi connectivity index (χ0) is 15.3. The van der Waals surface area contributed by atoms with E-state index in [-0.39, 0.29) is 18.0 Å². The molecule has 0 aliphatic rings. The molecule has 2 rings (SSSR count). The Bertz CT molecular complexity index is 787. The molecule has 2 aromatic heterocycles. The number of nitrogens with one attached hydrogen (secondary N) is 1. The summed E-state index contributed by atoms with van der Waals surface area (Å²) in [5.74, 6) is 6.28. The molecule has 0 radical (unpaired) electrons. The molecule has 0 aromatic carbocycles. The number of aryl methyl sites for hydroxylation is 1. The number of oxazole rings is 1. The van der Waals surface area contributed by atoms with E-state index in [0.29, 0.717) is 17.2 Å². The first-order chi connectivity index (χ1) is 10.0. The molecule has 0 aliphatic carbocycles. The summed E-state index contributed by atoms with van der Waals surface area (Å²) < 4.78 is 31.9. The van der Waals surface area contributed by atoms with E-state index < -0.39 is 10.0 Å². The third-order valence-corrected chi connectivity index (χ3v) is 3.81. The first-order valence-corrected chi connectivity index (χ1v) is 7.54. The van der Waals surface area contributed by atoms with Crippen molar-refractivity contribution in [2.24, 2.45) is 5.73 Å². The van der Waals surface area contributed by atoms with Gasteiger partial charge in [-0.05, 0) is 13.0 Å². The second-order valence-corrected chi connectivity index (χ2v) is 5.87. The lowest BCUT2D eigenvalue weighted by Crippen LogP contribution is -2.23. The number of sulfonamides is 1. The van der Waals surface area contributed by atoms with Crippen molar-refractivity contribution in [3.05, 3.63) is 41.9 Å². The molecule has 0 atom stereocenters. The minimum Gasteiger partial charge on any atom is -0.445 e. The van der Waals surface area contributed by atoms with Crippen molar-refractivity contribution < 1.29 is 12.8 Å². The number of hydrogen-bond acceptors (Lipinski definition) is 6. The SMILES string of the molecule is Cc1cnc(CNS(=O)(=O)c2cncc(C#CCN)c2)o1. The van der Waals surface area contributed by atoms with Crippen molar-refractivity contribution in [2.75, 3.05) is 6.54 Å². The summed E-state index contributed by atoms with van der Waals surface area (Å²) in [5, 5.41) is 0. The fourth-order valence-electron chi connectivity index (χ4n) is 1.51. The maximum atomic E-state index is 12.1. The van der Waals surface area contributed by atoms with E-state index in [2.05, 4.69) is 26.5 Å². The van der Waals surface area contributed by atoms with Gasteiger partial charge >= 0.3 is 0 Å².